The highest BCUT2D eigenvalue weighted by Gasteiger charge is 2.25. The Hall–Kier alpha value is -1.73. The smallest absolute Gasteiger partial charge is 0.272 e. The zero-order valence-corrected chi connectivity index (χ0v) is 11.4. The Morgan fingerprint density at radius 3 is 2.75 bits per heavy atom. The summed E-state index contributed by atoms with van der Waals surface area (Å²) in [6.07, 6.45) is 1.62. The van der Waals surface area contributed by atoms with Crippen LogP contribution in [0.1, 0.15) is 23.2 Å². The predicted molar refractivity (Wildman–Crippen MR) is 73.4 cm³/mol. The van der Waals surface area contributed by atoms with E-state index in [2.05, 4.69) is 0 Å². The maximum absolute atomic E-state index is 13.7. The van der Waals surface area contributed by atoms with Crippen molar-refractivity contribution in [2.75, 3.05) is 13.1 Å². The molecule has 1 aliphatic heterocycles. The van der Waals surface area contributed by atoms with Crippen LogP contribution in [0.15, 0.2) is 18.2 Å². The Morgan fingerprint density at radius 1 is 1.50 bits per heavy atom. The number of hydrogen-bond donors (Lipinski definition) is 1. The molecule has 6 nitrogen and oxygen atoms in total. The summed E-state index contributed by atoms with van der Waals surface area (Å²) < 4.78 is 13.7. The zero-order chi connectivity index (χ0) is 14.0. The lowest BCUT2D eigenvalue weighted by atomic mass is 10.0. The van der Waals surface area contributed by atoms with E-state index in [1.54, 1.807) is 0 Å². The molecule has 1 heterocycles. The molecule has 1 aromatic carbocycles. The minimum atomic E-state index is -0.877. The standard InChI is InChI=1S/C12H14FN3O3.ClH/c13-11-6-9(16(18)19)3-4-10(11)12(17)15-5-1-2-8(14)7-15;/h3-4,6,8H,1-2,5,7,14H2;1H. The average molecular weight is 304 g/mol. The van der Waals surface area contributed by atoms with Gasteiger partial charge < -0.3 is 10.6 Å². The molecule has 2 rings (SSSR count). The van der Waals surface area contributed by atoms with Gasteiger partial charge in [-0.15, -0.1) is 12.4 Å². The Morgan fingerprint density at radius 2 is 2.20 bits per heavy atom. The highest BCUT2D eigenvalue weighted by molar-refractivity contribution is 5.94. The van der Waals surface area contributed by atoms with Crippen LogP contribution in [0.3, 0.4) is 0 Å². The van der Waals surface area contributed by atoms with Gasteiger partial charge in [0.15, 0.2) is 0 Å². The second-order valence-corrected chi connectivity index (χ2v) is 4.57. The minimum absolute atomic E-state index is 0. The average Bonchev–Trinajstić information content (AvgIpc) is 2.37. The van der Waals surface area contributed by atoms with Crippen LogP contribution in [0.5, 0.6) is 0 Å². The molecule has 1 aliphatic rings. The van der Waals surface area contributed by atoms with Gasteiger partial charge in [-0.05, 0) is 18.9 Å². The Bertz CT molecular complexity index is 527. The van der Waals surface area contributed by atoms with E-state index in [-0.39, 0.29) is 29.7 Å². The third-order valence-corrected chi connectivity index (χ3v) is 3.14. The Balaban J connectivity index is 0.00000200. The number of nitro groups is 1. The molecule has 8 heteroatoms. The Labute approximate surface area is 121 Å². The largest absolute Gasteiger partial charge is 0.337 e. The van der Waals surface area contributed by atoms with Crippen molar-refractivity contribution in [3.63, 3.8) is 0 Å². The maximum Gasteiger partial charge on any atom is 0.272 e. The topological polar surface area (TPSA) is 89.5 Å². The molecular weight excluding hydrogens is 289 g/mol. The molecule has 0 bridgehead atoms. The van der Waals surface area contributed by atoms with Gasteiger partial charge in [-0.2, -0.15) is 0 Å². The number of non-ortho nitro benzene ring substituents is 1. The van der Waals surface area contributed by atoms with Gasteiger partial charge in [0.25, 0.3) is 11.6 Å². The molecule has 1 saturated heterocycles. The van der Waals surface area contributed by atoms with Gasteiger partial charge in [-0.25, -0.2) is 4.39 Å². The van der Waals surface area contributed by atoms with Crippen LogP contribution in [0.25, 0.3) is 0 Å². The van der Waals surface area contributed by atoms with E-state index < -0.39 is 16.6 Å². The highest BCUT2D eigenvalue weighted by atomic mass is 35.5. The fourth-order valence-corrected chi connectivity index (χ4v) is 2.16. The van der Waals surface area contributed by atoms with Gasteiger partial charge >= 0.3 is 0 Å². The number of nitro benzene ring substituents is 1. The first kappa shape index (κ1) is 16.3. The van der Waals surface area contributed by atoms with E-state index in [1.807, 2.05) is 0 Å². The number of piperidine rings is 1. The highest BCUT2D eigenvalue weighted by Crippen LogP contribution is 2.19. The number of nitrogens with two attached hydrogens (primary N) is 1. The third-order valence-electron chi connectivity index (χ3n) is 3.14. The number of hydrogen-bond acceptors (Lipinski definition) is 4. The first-order valence-electron chi connectivity index (χ1n) is 5.98. The summed E-state index contributed by atoms with van der Waals surface area (Å²) in [5.74, 6) is -1.35. The van der Waals surface area contributed by atoms with Crippen LogP contribution in [-0.2, 0) is 0 Å². The molecule has 0 saturated carbocycles. The molecule has 1 fully saturated rings. The number of nitrogens with zero attached hydrogens (tertiary/aromatic N) is 2. The third kappa shape index (κ3) is 3.43. The fraction of sp³-hybridized carbons (Fsp3) is 0.417. The lowest BCUT2D eigenvalue weighted by Crippen LogP contribution is -2.45. The van der Waals surface area contributed by atoms with E-state index in [4.69, 9.17) is 5.73 Å². The summed E-state index contributed by atoms with van der Waals surface area (Å²) in [5.41, 5.74) is 5.24. The number of carbonyl (C=O) groups excluding carboxylic acids is 1. The van der Waals surface area contributed by atoms with Crippen molar-refractivity contribution < 1.29 is 14.1 Å². The van der Waals surface area contributed by atoms with Crippen molar-refractivity contribution in [3.8, 4) is 0 Å². The molecule has 1 unspecified atom stereocenters. The summed E-state index contributed by atoms with van der Waals surface area (Å²) in [5, 5.41) is 10.5. The van der Waals surface area contributed by atoms with Crippen molar-refractivity contribution >= 4 is 24.0 Å². The maximum atomic E-state index is 13.7. The van der Waals surface area contributed by atoms with Gasteiger partial charge in [0.2, 0.25) is 0 Å². The Kier molecular flexibility index (Phi) is 5.41. The normalized spacial score (nSPS) is 18.3. The lowest BCUT2D eigenvalue weighted by molar-refractivity contribution is -0.385. The quantitative estimate of drug-likeness (QED) is 0.665. The molecule has 0 aliphatic carbocycles. The molecule has 20 heavy (non-hydrogen) atoms. The first-order valence-corrected chi connectivity index (χ1v) is 5.98. The molecule has 2 N–H and O–H groups in total. The summed E-state index contributed by atoms with van der Waals surface area (Å²) in [7, 11) is 0. The molecule has 0 aromatic heterocycles. The van der Waals surface area contributed by atoms with E-state index in [1.165, 1.54) is 4.90 Å². The summed E-state index contributed by atoms with van der Waals surface area (Å²) in [6, 6.07) is 2.94. The van der Waals surface area contributed by atoms with Crippen LogP contribution < -0.4 is 5.73 Å². The fourth-order valence-electron chi connectivity index (χ4n) is 2.16. The van der Waals surface area contributed by atoms with Gasteiger partial charge in [-0.3, -0.25) is 14.9 Å². The van der Waals surface area contributed by atoms with Crippen LogP contribution in [0, 0.1) is 15.9 Å². The summed E-state index contributed by atoms with van der Waals surface area (Å²) in [6.45, 7) is 0.915. The van der Waals surface area contributed by atoms with Crippen LogP contribution in [0.4, 0.5) is 10.1 Å². The lowest BCUT2D eigenvalue weighted by Gasteiger charge is -2.30. The van der Waals surface area contributed by atoms with Crippen molar-refractivity contribution in [2.24, 2.45) is 5.73 Å². The van der Waals surface area contributed by atoms with Gasteiger partial charge in [0.05, 0.1) is 16.6 Å². The first-order chi connectivity index (χ1) is 8.99. The number of likely N-dealkylation sites (tertiary alicyclic amines) is 1. The van der Waals surface area contributed by atoms with Crippen LogP contribution in [-0.4, -0.2) is 34.9 Å². The SMILES string of the molecule is Cl.NC1CCCN(C(=O)c2ccc([N+](=O)[O-])cc2F)C1. The van der Waals surface area contributed by atoms with Gasteiger partial charge in [0, 0.05) is 25.2 Å². The number of halogens is 2. The monoisotopic (exact) mass is 303 g/mol. The molecule has 1 atom stereocenters. The zero-order valence-electron chi connectivity index (χ0n) is 10.6. The molecule has 110 valence electrons. The van der Waals surface area contributed by atoms with Gasteiger partial charge in [0.1, 0.15) is 5.82 Å². The summed E-state index contributed by atoms with van der Waals surface area (Å²) >= 11 is 0. The number of carbonyl (C=O) groups is 1. The second-order valence-electron chi connectivity index (χ2n) is 4.57. The van der Waals surface area contributed by atoms with Crippen LogP contribution >= 0.6 is 12.4 Å². The van der Waals surface area contributed by atoms with E-state index in [0.717, 1.165) is 31.0 Å². The van der Waals surface area contributed by atoms with Crippen molar-refractivity contribution in [3.05, 3.63) is 39.7 Å². The molecule has 1 amide bonds. The second kappa shape index (κ2) is 6.62. The van der Waals surface area contributed by atoms with Crippen molar-refractivity contribution in [1.82, 2.24) is 4.90 Å². The van der Waals surface area contributed by atoms with E-state index in [9.17, 15) is 19.3 Å². The minimum Gasteiger partial charge on any atom is -0.337 e. The molecule has 0 spiro atoms. The number of benzene rings is 1. The van der Waals surface area contributed by atoms with E-state index in [0.29, 0.717) is 13.1 Å². The molecular formula is C12H15ClFN3O3. The molecule has 1 aromatic rings. The van der Waals surface area contributed by atoms with Crippen molar-refractivity contribution in [2.45, 2.75) is 18.9 Å². The molecule has 0 radical (unpaired) electrons. The number of amides is 1. The predicted octanol–water partition coefficient (Wildman–Crippen LogP) is 1.72. The van der Waals surface area contributed by atoms with Crippen molar-refractivity contribution in [1.29, 1.82) is 0 Å². The number of rotatable bonds is 2. The van der Waals surface area contributed by atoms with Gasteiger partial charge in [-0.1, -0.05) is 0 Å². The summed E-state index contributed by atoms with van der Waals surface area (Å²) in [4.78, 5) is 23.4. The van der Waals surface area contributed by atoms with Crippen LogP contribution in [0.2, 0.25) is 0 Å². The van der Waals surface area contributed by atoms with E-state index >= 15 is 0 Å².